The number of ether oxygens (including phenoxy) is 1. The molecule has 2 rings (SSSR count). The van der Waals surface area contributed by atoms with Crippen molar-refractivity contribution in [2.75, 3.05) is 31.6 Å². The Morgan fingerprint density at radius 1 is 1.47 bits per heavy atom. The van der Waals surface area contributed by atoms with E-state index < -0.39 is 0 Å². The maximum atomic E-state index is 5.31. The summed E-state index contributed by atoms with van der Waals surface area (Å²) >= 11 is 0. The van der Waals surface area contributed by atoms with Gasteiger partial charge in [-0.25, -0.2) is 0 Å². The zero-order valence-electron chi connectivity index (χ0n) is 10.6. The van der Waals surface area contributed by atoms with E-state index in [9.17, 15) is 0 Å². The Bertz CT molecular complexity index is 351. The predicted molar refractivity (Wildman–Crippen MR) is 64.0 cm³/mol. The molecule has 6 heteroatoms. The normalized spacial score (nSPS) is 24.2. The van der Waals surface area contributed by atoms with Crippen LogP contribution in [0.2, 0.25) is 0 Å². The van der Waals surface area contributed by atoms with Gasteiger partial charge in [-0.05, 0) is 25.4 Å². The third kappa shape index (κ3) is 2.58. The molecule has 0 spiro atoms. The molecule has 2 heterocycles. The number of aromatic nitrogens is 2. The van der Waals surface area contributed by atoms with Crippen molar-refractivity contribution in [3.63, 3.8) is 0 Å². The summed E-state index contributed by atoms with van der Waals surface area (Å²) in [4.78, 5) is 6.50. The van der Waals surface area contributed by atoms with Crippen LogP contribution in [0.4, 0.5) is 5.95 Å². The molecular formula is C11H20N4O2. The van der Waals surface area contributed by atoms with Crippen LogP contribution < -0.4 is 10.2 Å². The fourth-order valence-electron chi connectivity index (χ4n) is 2.07. The lowest BCUT2D eigenvalue weighted by Gasteiger charge is -2.14. The Balaban J connectivity index is 2.03. The number of nitrogens with one attached hydrogen (secondary N) is 1. The van der Waals surface area contributed by atoms with E-state index in [1.165, 1.54) is 0 Å². The number of hydrogen-bond acceptors (Lipinski definition) is 6. The molecule has 17 heavy (non-hydrogen) atoms. The Hall–Kier alpha value is -1.14. The second-order valence-corrected chi connectivity index (χ2v) is 4.16. The predicted octanol–water partition coefficient (Wildman–Crippen LogP) is 0.965. The molecule has 0 aliphatic carbocycles. The minimum absolute atomic E-state index is 0.122. The minimum atomic E-state index is 0.122. The average molecular weight is 240 g/mol. The summed E-state index contributed by atoms with van der Waals surface area (Å²) in [5, 5.41) is 7.34. The van der Waals surface area contributed by atoms with E-state index in [1.807, 2.05) is 0 Å². The van der Waals surface area contributed by atoms with Crippen LogP contribution in [0.1, 0.15) is 32.2 Å². The van der Waals surface area contributed by atoms with Gasteiger partial charge in [-0.3, -0.25) is 0 Å². The molecule has 1 aliphatic rings. The van der Waals surface area contributed by atoms with Crippen LogP contribution in [-0.2, 0) is 4.74 Å². The molecule has 1 aromatic rings. The van der Waals surface area contributed by atoms with Gasteiger partial charge in [0.15, 0.2) is 0 Å². The van der Waals surface area contributed by atoms with E-state index >= 15 is 0 Å². The van der Waals surface area contributed by atoms with Crippen molar-refractivity contribution in [3.8, 4) is 0 Å². The third-order valence-electron chi connectivity index (χ3n) is 3.20. The zero-order chi connectivity index (χ0) is 12.3. The Kier molecular flexibility index (Phi) is 3.96. The third-order valence-corrected chi connectivity index (χ3v) is 3.20. The molecule has 1 aromatic heterocycles. The summed E-state index contributed by atoms with van der Waals surface area (Å²) in [5.74, 6) is 1.33. The lowest BCUT2D eigenvalue weighted by atomic mass is 10.2. The van der Waals surface area contributed by atoms with Gasteiger partial charge in [-0.15, -0.1) is 0 Å². The van der Waals surface area contributed by atoms with Crippen LogP contribution in [0, 0.1) is 0 Å². The highest BCUT2D eigenvalue weighted by Gasteiger charge is 2.29. The van der Waals surface area contributed by atoms with Crippen LogP contribution in [0.5, 0.6) is 0 Å². The van der Waals surface area contributed by atoms with Crippen LogP contribution >= 0.6 is 0 Å². The molecule has 0 unspecified atom stereocenters. The quantitative estimate of drug-likeness (QED) is 0.827. The van der Waals surface area contributed by atoms with Crippen molar-refractivity contribution < 1.29 is 9.26 Å². The standard InChI is InChI=1S/C11H20N4O2/c1-4-15(5-2)11-13-10(17-14-11)9-6-8(16-3)7-12-9/h8-9,12H,4-7H2,1-3H3/t8-,9+/m0/s1. The number of hydrogen-bond donors (Lipinski definition) is 1. The van der Waals surface area contributed by atoms with E-state index in [1.54, 1.807) is 7.11 Å². The van der Waals surface area contributed by atoms with Crippen molar-refractivity contribution in [2.45, 2.75) is 32.4 Å². The topological polar surface area (TPSA) is 63.4 Å². The fraction of sp³-hybridized carbons (Fsp3) is 0.818. The number of nitrogens with zero attached hydrogens (tertiary/aromatic N) is 3. The molecule has 0 saturated carbocycles. The van der Waals surface area contributed by atoms with E-state index in [0.717, 1.165) is 26.1 Å². The Morgan fingerprint density at radius 3 is 2.82 bits per heavy atom. The number of methoxy groups -OCH3 is 1. The van der Waals surface area contributed by atoms with E-state index in [0.29, 0.717) is 11.8 Å². The van der Waals surface area contributed by atoms with Crippen LogP contribution in [0.3, 0.4) is 0 Å². The van der Waals surface area contributed by atoms with Gasteiger partial charge in [0.2, 0.25) is 5.89 Å². The van der Waals surface area contributed by atoms with Gasteiger partial charge in [0, 0.05) is 26.7 Å². The minimum Gasteiger partial charge on any atom is -0.380 e. The molecule has 0 bridgehead atoms. The molecule has 1 N–H and O–H groups in total. The maximum Gasteiger partial charge on any atom is 0.266 e. The first-order valence-corrected chi connectivity index (χ1v) is 6.13. The highest BCUT2D eigenvalue weighted by molar-refractivity contribution is 5.27. The second-order valence-electron chi connectivity index (χ2n) is 4.16. The molecule has 6 nitrogen and oxygen atoms in total. The molecule has 0 amide bonds. The largest absolute Gasteiger partial charge is 0.380 e. The van der Waals surface area contributed by atoms with Crippen molar-refractivity contribution in [2.24, 2.45) is 0 Å². The summed E-state index contributed by atoms with van der Waals surface area (Å²) < 4.78 is 10.6. The van der Waals surface area contributed by atoms with Crippen LogP contribution in [-0.4, -0.2) is 43.0 Å². The monoisotopic (exact) mass is 240 g/mol. The molecular weight excluding hydrogens is 220 g/mol. The van der Waals surface area contributed by atoms with Gasteiger partial charge in [0.05, 0.1) is 12.1 Å². The van der Waals surface area contributed by atoms with Gasteiger partial charge in [0.1, 0.15) is 0 Å². The lowest BCUT2D eigenvalue weighted by molar-refractivity contribution is 0.116. The number of rotatable bonds is 5. The SMILES string of the molecule is CCN(CC)c1noc([C@H]2C[C@H](OC)CN2)n1. The molecule has 2 atom stereocenters. The first-order valence-electron chi connectivity index (χ1n) is 6.13. The first kappa shape index (κ1) is 12.3. The second kappa shape index (κ2) is 5.46. The molecule has 0 radical (unpaired) electrons. The van der Waals surface area contributed by atoms with Crippen molar-refractivity contribution in [1.29, 1.82) is 0 Å². The summed E-state index contributed by atoms with van der Waals surface area (Å²) in [6, 6.07) is 0.122. The summed E-state index contributed by atoms with van der Waals surface area (Å²) in [5.41, 5.74) is 0. The van der Waals surface area contributed by atoms with Crippen molar-refractivity contribution in [3.05, 3.63) is 5.89 Å². The summed E-state index contributed by atoms with van der Waals surface area (Å²) in [6.45, 7) is 6.76. The first-order chi connectivity index (χ1) is 8.28. The highest BCUT2D eigenvalue weighted by Crippen LogP contribution is 2.24. The summed E-state index contributed by atoms with van der Waals surface area (Å²) in [7, 11) is 1.73. The van der Waals surface area contributed by atoms with Crippen molar-refractivity contribution >= 4 is 5.95 Å². The average Bonchev–Trinajstić information content (AvgIpc) is 2.98. The Morgan fingerprint density at radius 2 is 2.24 bits per heavy atom. The van der Waals surface area contributed by atoms with Gasteiger partial charge in [0.25, 0.3) is 5.95 Å². The number of anilines is 1. The Labute approximate surface area is 101 Å². The van der Waals surface area contributed by atoms with Gasteiger partial charge in [-0.1, -0.05) is 0 Å². The zero-order valence-corrected chi connectivity index (χ0v) is 10.6. The van der Waals surface area contributed by atoms with E-state index in [4.69, 9.17) is 9.26 Å². The highest BCUT2D eigenvalue weighted by atomic mass is 16.5. The van der Waals surface area contributed by atoms with E-state index in [-0.39, 0.29) is 12.1 Å². The van der Waals surface area contributed by atoms with E-state index in [2.05, 4.69) is 34.2 Å². The maximum absolute atomic E-state index is 5.31. The van der Waals surface area contributed by atoms with Crippen molar-refractivity contribution in [1.82, 2.24) is 15.5 Å². The molecule has 1 aliphatic heterocycles. The fourth-order valence-corrected chi connectivity index (χ4v) is 2.07. The van der Waals surface area contributed by atoms with Gasteiger partial charge >= 0.3 is 0 Å². The molecule has 1 saturated heterocycles. The molecule has 1 fully saturated rings. The summed E-state index contributed by atoms with van der Waals surface area (Å²) in [6.07, 6.45) is 1.12. The van der Waals surface area contributed by atoms with Gasteiger partial charge in [-0.2, -0.15) is 4.98 Å². The van der Waals surface area contributed by atoms with Crippen LogP contribution in [0.15, 0.2) is 4.52 Å². The molecule has 0 aromatic carbocycles. The van der Waals surface area contributed by atoms with Crippen LogP contribution in [0.25, 0.3) is 0 Å². The van der Waals surface area contributed by atoms with Gasteiger partial charge < -0.3 is 19.5 Å². The lowest BCUT2D eigenvalue weighted by Crippen LogP contribution is -2.23. The molecule has 96 valence electrons. The smallest absolute Gasteiger partial charge is 0.266 e.